The number of rotatable bonds is 4. The summed E-state index contributed by atoms with van der Waals surface area (Å²) in [6.07, 6.45) is 0. The zero-order valence-corrected chi connectivity index (χ0v) is 11.9. The van der Waals surface area contributed by atoms with Gasteiger partial charge in [-0.15, -0.1) is 0 Å². The summed E-state index contributed by atoms with van der Waals surface area (Å²) in [6.45, 7) is 6.38. The number of amides is 1. The maximum Gasteiger partial charge on any atom is 0.254 e. The van der Waals surface area contributed by atoms with Gasteiger partial charge in [-0.3, -0.25) is 4.79 Å². The van der Waals surface area contributed by atoms with Crippen molar-refractivity contribution in [1.29, 1.82) is 0 Å². The molecule has 1 rings (SSSR count). The maximum absolute atomic E-state index is 13.5. The Morgan fingerprint density at radius 3 is 2.71 bits per heavy atom. The van der Waals surface area contributed by atoms with E-state index in [0.29, 0.717) is 6.54 Å². The molecule has 0 unspecified atom stereocenters. The number of hydrogen-bond acceptors (Lipinski definition) is 1. The molecule has 0 aromatic heterocycles. The Labute approximate surface area is 110 Å². The van der Waals surface area contributed by atoms with E-state index in [1.165, 1.54) is 6.07 Å². The van der Waals surface area contributed by atoms with Crippen molar-refractivity contribution in [2.45, 2.75) is 20.8 Å². The first-order chi connectivity index (χ1) is 7.85. The van der Waals surface area contributed by atoms with Crippen molar-refractivity contribution in [1.82, 2.24) is 5.32 Å². The van der Waals surface area contributed by atoms with Crippen molar-refractivity contribution in [3.8, 4) is 0 Å². The smallest absolute Gasteiger partial charge is 0.254 e. The molecule has 2 nitrogen and oxygen atoms in total. The Kier molecular flexibility index (Phi) is 4.69. The third-order valence-corrected chi connectivity index (χ3v) is 3.97. The summed E-state index contributed by atoms with van der Waals surface area (Å²) in [4.78, 5) is 11.8. The molecular formula is C13H17BrFNO. The lowest BCUT2D eigenvalue weighted by Crippen LogP contribution is -2.35. The highest BCUT2D eigenvalue weighted by atomic mass is 79.9. The molecule has 0 saturated heterocycles. The van der Waals surface area contributed by atoms with Crippen molar-refractivity contribution in [2.24, 2.45) is 5.41 Å². The Bertz CT molecular complexity index is 418. The second-order valence-corrected chi connectivity index (χ2v) is 5.52. The average Bonchev–Trinajstić information content (AvgIpc) is 2.29. The van der Waals surface area contributed by atoms with Crippen LogP contribution in [0.1, 0.15) is 29.8 Å². The van der Waals surface area contributed by atoms with E-state index in [2.05, 4.69) is 21.2 Å². The largest absolute Gasteiger partial charge is 0.351 e. The molecular weight excluding hydrogens is 285 g/mol. The lowest BCUT2D eigenvalue weighted by Gasteiger charge is -2.21. The number of alkyl halides is 1. The zero-order chi connectivity index (χ0) is 13.1. The molecule has 1 amide bonds. The quantitative estimate of drug-likeness (QED) is 0.850. The highest BCUT2D eigenvalue weighted by Gasteiger charge is 2.19. The fourth-order valence-electron chi connectivity index (χ4n) is 1.28. The van der Waals surface area contributed by atoms with Crippen LogP contribution >= 0.6 is 15.9 Å². The predicted molar refractivity (Wildman–Crippen MR) is 71.0 cm³/mol. The van der Waals surface area contributed by atoms with E-state index in [1.807, 2.05) is 20.8 Å². The van der Waals surface area contributed by atoms with Gasteiger partial charge >= 0.3 is 0 Å². The van der Waals surface area contributed by atoms with Crippen LogP contribution in [0.4, 0.5) is 4.39 Å². The molecule has 1 aromatic carbocycles. The third-order valence-electron chi connectivity index (χ3n) is 2.46. The molecule has 0 aliphatic heterocycles. The van der Waals surface area contributed by atoms with Crippen LogP contribution in [-0.4, -0.2) is 17.8 Å². The number of hydrogen-bond donors (Lipinski definition) is 1. The normalized spacial score (nSPS) is 11.4. The van der Waals surface area contributed by atoms with Gasteiger partial charge in [-0.05, 0) is 24.5 Å². The summed E-state index contributed by atoms with van der Waals surface area (Å²) in [7, 11) is 0. The second-order valence-electron chi connectivity index (χ2n) is 4.96. The first-order valence-electron chi connectivity index (χ1n) is 5.46. The van der Waals surface area contributed by atoms with Crippen LogP contribution < -0.4 is 5.32 Å². The molecule has 17 heavy (non-hydrogen) atoms. The minimum atomic E-state index is -0.482. The highest BCUT2D eigenvalue weighted by Crippen LogP contribution is 2.17. The molecule has 94 valence electrons. The molecule has 0 aliphatic rings. The van der Waals surface area contributed by atoms with Gasteiger partial charge in [-0.2, -0.15) is 0 Å². The van der Waals surface area contributed by atoms with Gasteiger partial charge in [0.15, 0.2) is 0 Å². The minimum Gasteiger partial charge on any atom is -0.351 e. The van der Waals surface area contributed by atoms with Crippen molar-refractivity contribution in [2.75, 3.05) is 11.9 Å². The first-order valence-corrected chi connectivity index (χ1v) is 6.58. The second kappa shape index (κ2) is 5.63. The number of nitrogens with one attached hydrogen (secondary N) is 1. The number of benzene rings is 1. The van der Waals surface area contributed by atoms with Crippen molar-refractivity contribution >= 4 is 21.8 Å². The molecule has 0 spiro atoms. The van der Waals surface area contributed by atoms with E-state index in [1.54, 1.807) is 12.1 Å². The number of halogens is 2. The molecule has 0 fully saturated rings. The van der Waals surface area contributed by atoms with Crippen LogP contribution in [0.2, 0.25) is 0 Å². The SMILES string of the molecule is Cc1ccc(F)c(C(=O)NCC(C)(C)CBr)c1. The summed E-state index contributed by atoms with van der Waals surface area (Å²) < 4.78 is 13.5. The van der Waals surface area contributed by atoms with Gasteiger partial charge in [0.2, 0.25) is 0 Å². The van der Waals surface area contributed by atoms with E-state index in [0.717, 1.165) is 10.9 Å². The van der Waals surface area contributed by atoms with Crippen LogP contribution in [-0.2, 0) is 0 Å². The van der Waals surface area contributed by atoms with Crippen LogP contribution in [0.25, 0.3) is 0 Å². The Morgan fingerprint density at radius 2 is 2.12 bits per heavy atom. The molecule has 1 aromatic rings. The minimum absolute atomic E-state index is 0.0457. The molecule has 4 heteroatoms. The number of carbonyl (C=O) groups excluding carboxylic acids is 1. The standard InChI is InChI=1S/C13H17BrFNO/c1-9-4-5-11(15)10(6-9)12(17)16-8-13(2,3)7-14/h4-6H,7-8H2,1-3H3,(H,16,17). The summed E-state index contributed by atoms with van der Waals surface area (Å²) in [5, 5.41) is 3.52. The van der Waals surface area contributed by atoms with Gasteiger partial charge in [-0.25, -0.2) is 4.39 Å². The molecule has 0 radical (unpaired) electrons. The van der Waals surface area contributed by atoms with E-state index in [4.69, 9.17) is 0 Å². The number of carbonyl (C=O) groups is 1. The fourth-order valence-corrected chi connectivity index (χ4v) is 1.47. The molecule has 0 saturated carbocycles. The number of aryl methyl sites for hydroxylation is 1. The Balaban J connectivity index is 2.74. The van der Waals surface area contributed by atoms with E-state index < -0.39 is 5.82 Å². The van der Waals surface area contributed by atoms with Crippen molar-refractivity contribution in [3.63, 3.8) is 0 Å². The Hall–Kier alpha value is -0.900. The molecule has 0 atom stereocenters. The van der Waals surface area contributed by atoms with Crippen LogP contribution in [0.3, 0.4) is 0 Å². The first kappa shape index (κ1) is 14.2. The van der Waals surface area contributed by atoms with E-state index in [9.17, 15) is 9.18 Å². The van der Waals surface area contributed by atoms with E-state index in [-0.39, 0.29) is 16.9 Å². The lowest BCUT2D eigenvalue weighted by atomic mass is 9.96. The molecule has 1 N–H and O–H groups in total. The summed E-state index contributed by atoms with van der Waals surface area (Å²) in [6, 6.07) is 4.53. The van der Waals surface area contributed by atoms with Crippen LogP contribution in [0.5, 0.6) is 0 Å². The molecule has 0 bridgehead atoms. The van der Waals surface area contributed by atoms with Crippen molar-refractivity contribution in [3.05, 3.63) is 35.1 Å². The van der Waals surface area contributed by atoms with Gasteiger partial charge in [0.25, 0.3) is 5.91 Å². The third kappa shape index (κ3) is 4.11. The Morgan fingerprint density at radius 1 is 1.47 bits per heavy atom. The van der Waals surface area contributed by atoms with Gasteiger partial charge in [0, 0.05) is 11.9 Å². The van der Waals surface area contributed by atoms with Gasteiger partial charge < -0.3 is 5.32 Å². The topological polar surface area (TPSA) is 29.1 Å². The van der Waals surface area contributed by atoms with Gasteiger partial charge in [0.1, 0.15) is 5.82 Å². The zero-order valence-electron chi connectivity index (χ0n) is 10.3. The van der Waals surface area contributed by atoms with Crippen molar-refractivity contribution < 1.29 is 9.18 Å². The summed E-state index contributed by atoms with van der Waals surface area (Å²) >= 11 is 3.38. The van der Waals surface area contributed by atoms with Crippen LogP contribution in [0, 0.1) is 18.2 Å². The molecule has 0 aliphatic carbocycles. The van der Waals surface area contributed by atoms with Gasteiger partial charge in [-0.1, -0.05) is 41.4 Å². The predicted octanol–water partition coefficient (Wildman–Crippen LogP) is 3.29. The fraction of sp³-hybridized carbons (Fsp3) is 0.462. The highest BCUT2D eigenvalue weighted by molar-refractivity contribution is 9.09. The van der Waals surface area contributed by atoms with Gasteiger partial charge in [0.05, 0.1) is 5.56 Å². The van der Waals surface area contributed by atoms with Crippen LogP contribution in [0.15, 0.2) is 18.2 Å². The van der Waals surface area contributed by atoms with E-state index >= 15 is 0 Å². The monoisotopic (exact) mass is 301 g/mol. The lowest BCUT2D eigenvalue weighted by molar-refractivity contribution is 0.0936. The molecule has 0 heterocycles. The summed E-state index contributed by atoms with van der Waals surface area (Å²) in [5.74, 6) is -0.843. The maximum atomic E-state index is 13.5. The average molecular weight is 302 g/mol. The summed E-state index contributed by atoms with van der Waals surface area (Å²) in [5.41, 5.74) is 0.933.